The summed E-state index contributed by atoms with van der Waals surface area (Å²) in [7, 11) is 6.84. The van der Waals surface area contributed by atoms with Crippen LogP contribution in [0.2, 0.25) is 20.1 Å². The van der Waals surface area contributed by atoms with E-state index in [2.05, 4.69) is 67.9 Å². The number of nitrogens with one attached hydrogen (secondary N) is 10. The number of rotatable bonds is 27. The number of nitrogen functional groups attached to an aromatic ring is 1. The number of imidazole rings is 1. The normalized spacial score (nSPS) is 14.5. The number of fused-ring (bicyclic) bond motifs is 1. The number of nitriles is 1. The van der Waals surface area contributed by atoms with Crippen LogP contribution in [0.25, 0.3) is 11.0 Å². The van der Waals surface area contributed by atoms with Crippen molar-refractivity contribution in [1.82, 2.24) is 46.8 Å². The molecule has 4 aliphatic heterocycles. The third kappa shape index (κ3) is 36.3. The van der Waals surface area contributed by atoms with Crippen LogP contribution < -0.4 is 126 Å². The van der Waals surface area contributed by atoms with E-state index in [9.17, 15) is 73.8 Å². The Morgan fingerprint density at radius 2 is 0.887 bits per heavy atom. The van der Waals surface area contributed by atoms with Crippen LogP contribution in [0, 0.1) is 71.2 Å². The molecule has 0 spiro atoms. The molecule has 6 aromatic carbocycles. The molecular formula is C100H149Cl4FIN19NaO14S-. The van der Waals surface area contributed by atoms with Crippen molar-refractivity contribution in [2.75, 3.05) is 141 Å². The molecule has 0 atom stereocenters. The van der Waals surface area contributed by atoms with Gasteiger partial charge in [-0.15, -0.1) is 0 Å². The van der Waals surface area contributed by atoms with Crippen LogP contribution in [0.4, 0.5) is 55.6 Å². The molecule has 0 saturated carbocycles. The molecule has 1 aromatic heterocycles. The monoisotopic (exact) mass is 2180 g/mol. The van der Waals surface area contributed by atoms with E-state index in [1.165, 1.54) is 13.1 Å². The minimum absolute atomic E-state index is 0. The van der Waals surface area contributed by atoms with E-state index in [0.29, 0.717) is 129 Å². The summed E-state index contributed by atoms with van der Waals surface area (Å²) in [5.41, 5.74) is 11.3. The molecule has 0 radical (unpaired) electrons. The molecule has 141 heavy (non-hydrogen) atoms. The van der Waals surface area contributed by atoms with Crippen LogP contribution in [0.1, 0.15) is 241 Å². The summed E-state index contributed by atoms with van der Waals surface area (Å²) in [5, 5.41) is 104. The maximum atomic E-state index is 13.5. The molecule has 5 heterocycles. The Morgan fingerprint density at radius 3 is 1.25 bits per heavy atom. The number of amides is 6. The average molecular weight is 2190 g/mol. The minimum atomic E-state index is -0.800. The summed E-state index contributed by atoms with van der Waals surface area (Å²) < 4.78 is 21.9. The molecular weight excluding hydrogens is 2030 g/mol. The van der Waals surface area contributed by atoms with Gasteiger partial charge in [0.2, 0.25) is 11.8 Å². The van der Waals surface area contributed by atoms with Crippen LogP contribution >= 0.6 is 58.2 Å². The number of alkyl halides is 1. The number of nitro groups is 2. The van der Waals surface area contributed by atoms with Gasteiger partial charge in [0, 0.05) is 147 Å². The van der Waals surface area contributed by atoms with Crippen molar-refractivity contribution >= 4 is 156 Å². The number of nitrogens with two attached hydrogens (primary N) is 1. The predicted molar refractivity (Wildman–Crippen MR) is 562 cm³/mol. The van der Waals surface area contributed by atoms with Gasteiger partial charge in [0.1, 0.15) is 28.4 Å². The fraction of sp³-hybridized carbons (Fsp3) is 0.560. The average Bonchev–Trinajstić information content (AvgIpc) is 1.62. The predicted octanol–water partition coefficient (Wildman–Crippen LogP) is 10.8. The number of benzene rings is 6. The summed E-state index contributed by atoms with van der Waals surface area (Å²) >= 11 is 26.4. The van der Waals surface area contributed by atoms with Gasteiger partial charge in [-0.3, -0.25) is 49.0 Å². The van der Waals surface area contributed by atoms with E-state index in [-0.39, 0.29) is 123 Å². The Morgan fingerprint density at radius 1 is 0.546 bits per heavy atom. The fourth-order valence-corrected chi connectivity index (χ4v) is 18.2. The van der Waals surface area contributed by atoms with Crippen LogP contribution in [0.15, 0.2) is 77.7 Å². The number of hydrogen-bond acceptors (Lipinski definition) is 25. The van der Waals surface area contributed by atoms with E-state index < -0.39 is 54.8 Å². The molecule has 0 aliphatic carbocycles. The van der Waals surface area contributed by atoms with Gasteiger partial charge in [-0.1, -0.05) is 100 Å². The van der Waals surface area contributed by atoms with Gasteiger partial charge in [-0.25, -0.2) is 9.37 Å². The fourth-order valence-electron chi connectivity index (χ4n) is 16.5. The van der Waals surface area contributed by atoms with Crippen molar-refractivity contribution in [2.24, 2.45) is 41.5 Å². The third-order valence-electron chi connectivity index (χ3n) is 24.9. The number of thioether (sulfide) groups is 1. The minimum Gasteiger partial charge on any atom is -1.00 e. The number of carbonyl (C=O) groups excluding carboxylic acids is 6. The largest absolute Gasteiger partial charge is 1.00 e. The van der Waals surface area contributed by atoms with Gasteiger partial charge in [-0.2, -0.15) is 5.26 Å². The molecule has 16 N–H and O–H groups in total. The molecule has 4 aliphatic rings. The Balaban J connectivity index is 0.000000458. The topological polar surface area (TPSA) is 467 Å². The summed E-state index contributed by atoms with van der Waals surface area (Å²) in [4.78, 5) is 109. The van der Waals surface area contributed by atoms with Gasteiger partial charge < -0.3 is 100 Å². The van der Waals surface area contributed by atoms with E-state index >= 15 is 0 Å². The van der Waals surface area contributed by atoms with Gasteiger partial charge in [-0.05, 0) is 242 Å². The quantitative estimate of drug-likeness (QED) is 0.00332. The standard InChI is InChI=1S/C32H43Cl2N5O3.C18H28N4O4.C18H30N4O2.C13H14Cl2N2OS.C10H12FN3O3.C8H17NO.CH4I.Na.H/c1-8-35-29(40)22-15-24-26(17-25(22)39-13-11-20(12-14-39)32(5,6)42)38(7)27(37-24)16-21-23(33)10-9-19(28(21)34)18-36-30(41)31(2,3)4;1-5-20-17(23)13-10-16(22(25)26)14(19-4)11-15(13)21-8-6-12(7-9-21)18(2,3)24;1-5-21-17(23)13-10-14(19)15(20-4)11-16(13)22-8-6-12(7-9-22)18(2,3)24;1-13(2,3)12(18)17-6-8-4-5-9(14)11(10(8)15)19-7-16;1-3-13-10(15)6-4-9(14(16)17)8(12-2)5-7(6)11;1-8(2,10)7-3-5-9-6-4-7;1-2;;/h9-10,15,17,20,42H,8,11-14,16,18H2,1-7H3,(H,35,40)(H,36,41);10-12,19,24H,5-9H2,1-4H3,(H,20,23);10-12,20,24H,5-9,19H2,1-4H3,(H,21,23);4-5H,6H2,1-3H3,(H,17,18);4-5,12H,3H2,1-2H3,(H,13,15);7,9-10H,3-6H2,1-2H3;2H,1H3;;/q;;;;;;-1;+1;-1/i;;;;;;2D;;. The van der Waals surface area contributed by atoms with Crippen LogP contribution in [0.3, 0.4) is 0 Å². The molecule has 6 amide bonds. The van der Waals surface area contributed by atoms with Crippen molar-refractivity contribution in [3.8, 4) is 5.40 Å². The van der Waals surface area contributed by atoms with Gasteiger partial charge in [0.05, 0.1) is 114 Å². The molecule has 0 unspecified atom stereocenters. The van der Waals surface area contributed by atoms with Crippen molar-refractivity contribution in [3.05, 3.63) is 164 Å². The van der Waals surface area contributed by atoms with E-state index in [1.807, 2.05) is 171 Å². The first-order valence-corrected chi connectivity index (χ1v) is 51.6. The number of piperidine rings is 4. The Labute approximate surface area is 892 Å². The second-order valence-electron chi connectivity index (χ2n) is 38.8. The second-order valence-corrected chi connectivity index (χ2v) is 41.2. The molecule has 41 heteroatoms. The zero-order valence-electron chi connectivity index (χ0n) is 88.2. The molecule has 778 valence electrons. The Bertz CT molecular complexity index is 5470. The van der Waals surface area contributed by atoms with Gasteiger partial charge >= 0.3 is 57.5 Å². The number of aliphatic hydroxyl groups is 4. The van der Waals surface area contributed by atoms with Crippen LogP contribution in [0.5, 0.6) is 0 Å². The van der Waals surface area contributed by atoms with Crippen LogP contribution in [-0.2, 0) is 36.1 Å². The number of anilines is 7. The Hall–Kier alpha value is -8.53. The maximum Gasteiger partial charge on any atom is 1.00 e. The van der Waals surface area contributed by atoms with Crippen molar-refractivity contribution in [1.29, 1.82) is 5.86 Å². The van der Waals surface area contributed by atoms with Crippen molar-refractivity contribution in [3.63, 3.8) is 0 Å². The maximum absolute atomic E-state index is 13.5. The summed E-state index contributed by atoms with van der Waals surface area (Å²) in [6.07, 6.45) is 7.69. The molecule has 7 aromatic rings. The number of halogens is 6. The third-order valence-corrected chi connectivity index (χ3v) is 27.5. The molecule has 4 saturated heterocycles. The van der Waals surface area contributed by atoms with Crippen LogP contribution in [-0.4, -0.2) is 203 Å². The molecule has 0 bridgehead atoms. The first kappa shape index (κ1) is 123. The smallest absolute Gasteiger partial charge is 1.00 e. The second kappa shape index (κ2) is 56.8. The van der Waals surface area contributed by atoms with Crippen molar-refractivity contribution in [2.45, 2.75) is 223 Å². The zero-order valence-corrected chi connectivity index (χ0v) is 94.2. The molecule has 4 fully saturated rings. The van der Waals surface area contributed by atoms with Crippen molar-refractivity contribution < 1.29 is 117 Å². The number of aromatic nitrogens is 2. The first-order valence-electron chi connectivity index (χ1n) is 47.5. The van der Waals surface area contributed by atoms with E-state index in [0.717, 1.165) is 160 Å². The Kier molecular flexibility index (Phi) is 49.5. The summed E-state index contributed by atoms with van der Waals surface area (Å²) in [6.45, 7) is 42.4. The summed E-state index contributed by atoms with van der Waals surface area (Å²) in [6, 6.07) is 19.5. The zero-order chi connectivity index (χ0) is 106. The van der Waals surface area contributed by atoms with E-state index in [4.69, 9.17) is 63.0 Å². The number of hydrogen-bond donors (Lipinski definition) is 15. The SMILES string of the molecule is CC(C)(C)C(=O)NCc1ccc(Cl)c(SC#N)c1Cl.CC(C)(O)C1CCNCC1.CCNC(=O)c1cc(N)c(NC)cc1N1CCC(C(C)(C)O)CC1.CCNC(=O)c1cc([N+](=O)[O-])c(NC)cc1F.CCNC(=O)c1cc([N+](=O)[O-])c(NC)cc1N1CCC(C(C)(C)O)CC1.CCNC(=O)c1cc2nc(Cc3c(Cl)ccc(CNC(=O)C(C)(C)C)c3Cl)n(C)c2cc1N1CCC(C(C)(C)O)CC1.[2H][I-]C.[H-].[Na+]. The molecule has 33 nitrogen and oxygen atoms in total. The number of thiocyanates is 1. The number of nitrogens with zero attached hydrogens (tertiary/aromatic N) is 8. The van der Waals surface area contributed by atoms with E-state index in [1.54, 1.807) is 44.3 Å². The number of aryl methyl sites for hydroxylation is 1. The van der Waals surface area contributed by atoms with Gasteiger partial charge in [0.25, 0.3) is 35.0 Å². The number of nitro benzene ring substituents is 2. The first-order chi connectivity index (χ1) is 65.9. The number of carbonyl (C=O) groups is 6. The molecule has 11 rings (SSSR count). The van der Waals surface area contributed by atoms with Gasteiger partial charge in [0.15, 0.2) is 0 Å². The summed E-state index contributed by atoms with van der Waals surface area (Å²) in [5.74, 6) is -0.235.